The van der Waals surface area contributed by atoms with Gasteiger partial charge in [-0.05, 0) is 25.5 Å². The third-order valence-corrected chi connectivity index (χ3v) is 2.14. The molecular formula is C11H11N3O3. The largest absolute Gasteiger partial charge is 0.459 e. The fourth-order valence-corrected chi connectivity index (χ4v) is 1.33. The zero-order valence-electron chi connectivity index (χ0n) is 9.51. The Labute approximate surface area is 97.6 Å². The summed E-state index contributed by atoms with van der Waals surface area (Å²) in [5.74, 6) is -0.399. The van der Waals surface area contributed by atoms with Gasteiger partial charge in [-0.25, -0.2) is 4.79 Å². The molecule has 0 bridgehead atoms. The maximum absolute atomic E-state index is 11.3. The quantitative estimate of drug-likeness (QED) is 0.749. The lowest BCUT2D eigenvalue weighted by Gasteiger charge is -1.97. The summed E-state index contributed by atoms with van der Waals surface area (Å²) in [4.78, 5) is 19.3. The van der Waals surface area contributed by atoms with Crippen molar-refractivity contribution in [1.82, 2.24) is 15.1 Å². The highest BCUT2D eigenvalue weighted by Gasteiger charge is 2.17. The molecule has 0 fully saturated rings. The number of hydrogen-bond acceptors (Lipinski definition) is 6. The van der Waals surface area contributed by atoms with Gasteiger partial charge in [0.15, 0.2) is 0 Å². The molecule has 0 unspecified atom stereocenters. The van der Waals surface area contributed by atoms with Crippen LogP contribution in [-0.4, -0.2) is 27.7 Å². The van der Waals surface area contributed by atoms with E-state index in [4.69, 9.17) is 9.26 Å². The molecule has 2 aromatic heterocycles. The standard InChI is InChI=1S/C11H11N3O3/c1-3-16-11(15)10-13-9(14-17-10)8-4-5-12-6-7(8)2/h4-6H,3H2,1-2H3. The summed E-state index contributed by atoms with van der Waals surface area (Å²) < 4.78 is 9.59. The summed E-state index contributed by atoms with van der Waals surface area (Å²) in [5.41, 5.74) is 1.68. The fourth-order valence-electron chi connectivity index (χ4n) is 1.33. The predicted octanol–water partition coefficient (Wildman–Crippen LogP) is 1.62. The van der Waals surface area contributed by atoms with E-state index in [-0.39, 0.29) is 12.5 Å². The minimum atomic E-state index is -0.613. The van der Waals surface area contributed by atoms with Crippen molar-refractivity contribution in [2.24, 2.45) is 0 Å². The summed E-state index contributed by atoms with van der Waals surface area (Å²) in [6.07, 6.45) is 3.32. The predicted molar refractivity (Wildman–Crippen MR) is 58.2 cm³/mol. The molecule has 0 aliphatic rings. The van der Waals surface area contributed by atoms with E-state index in [2.05, 4.69) is 15.1 Å². The molecule has 2 rings (SSSR count). The molecule has 0 amide bonds. The number of pyridine rings is 1. The second-order valence-corrected chi connectivity index (χ2v) is 3.33. The van der Waals surface area contributed by atoms with E-state index in [1.54, 1.807) is 25.4 Å². The Kier molecular flexibility index (Phi) is 3.13. The van der Waals surface area contributed by atoms with Gasteiger partial charge in [-0.3, -0.25) is 4.98 Å². The number of ether oxygens (including phenoxy) is 1. The first-order valence-corrected chi connectivity index (χ1v) is 5.14. The van der Waals surface area contributed by atoms with Crippen LogP contribution in [0.2, 0.25) is 0 Å². The molecule has 17 heavy (non-hydrogen) atoms. The molecule has 0 atom stereocenters. The van der Waals surface area contributed by atoms with Crippen molar-refractivity contribution >= 4 is 5.97 Å². The van der Waals surface area contributed by atoms with Crippen LogP contribution in [0.25, 0.3) is 11.4 Å². The zero-order valence-corrected chi connectivity index (χ0v) is 9.51. The topological polar surface area (TPSA) is 78.1 Å². The third kappa shape index (κ3) is 2.30. The lowest BCUT2D eigenvalue weighted by atomic mass is 10.1. The smallest absolute Gasteiger partial charge is 0.397 e. The van der Waals surface area contributed by atoms with Crippen molar-refractivity contribution in [3.8, 4) is 11.4 Å². The molecule has 0 aliphatic carbocycles. The lowest BCUT2D eigenvalue weighted by Crippen LogP contribution is -2.04. The highest BCUT2D eigenvalue weighted by atomic mass is 16.6. The maximum Gasteiger partial charge on any atom is 0.397 e. The number of esters is 1. The number of carbonyl (C=O) groups is 1. The van der Waals surface area contributed by atoms with Gasteiger partial charge in [-0.15, -0.1) is 0 Å². The molecule has 0 saturated heterocycles. The first-order chi connectivity index (χ1) is 8.22. The monoisotopic (exact) mass is 233 g/mol. The molecule has 2 heterocycles. The summed E-state index contributed by atoms with van der Waals surface area (Å²) in [6, 6.07) is 1.76. The van der Waals surface area contributed by atoms with Gasteiger partial charge in [0.05, 0.1) is 6.61 Å². The third-order valence-electron chi connectivity index (χ3n) is 2.14. The van der Waals surface area contributed by atoms with Crippen molar-refractivity contribution in [3.63, 3.8) is 0 Å². The van der Waals surface area contributed by atoms with E-state index in [0.29, 0.717) is 5.82 Å². The molecule has 0 saturated carbocycles. The van der Waals surface area contributed by atoms with Crippen LogP contribution in [0.15, 0.2) is 23.0 Å². The van der Waals surface area contributed by atoms with E-state index >= 15 is 0 Å². The molecule has 0 N–H and O–H groups in total. The molecule has 0 aromatic carbocycles. The van der Waals surface area contributed by atoms with E-state index in [1.807, 2.05) is 6.92 Å². The second-order valence-electron chi connectivity index (χ2n) is 3.33. The Morgan fingerprint density at radius 2 is 2.35 bits per heavy atom. The molecule has 6 nitrogen and oxygen atoms in total. The molecular weight excluding hydrogens is 222 g/mol. The van der Waals surface area contributed by atoms with Crippen LogP contribution in [-0.2, 0) is 4.74 Å². The van der Waals surface area contributed by atoms with Crippen molar-refractivity contribution in [1.29, 1.82) is 0 Å². The SMILES string of the molecule is CCOC(=O)c1nc(-c2ccncc2C)no1. The molecule has 6 heteroatoms. The van der Waals surface area contributed by atoms with Crippen LogP contribution < -0.4 is 0 Å². The van der Waals surface area contributed by atoms with Crippen LogP contribution in [0.5, 0.6) is 0 Å². The maximum atomic E-state index is 11.3. The van der Waals surface area contributed by atoms with Crippen molar-refractivity contribution in [3.05, 3.63) is 29.9 Å². The summed E-state index contributed by atoms with van der Waals surface area (Å²) in [6.45, 7) is 3.86. The van der Waals surface area contributed by atoms with Crippen LogP contribution in [0.1, 0.15) is 23.2 Å². The summed E-state index contributed by atoms with van der Waals surface area (Å²) in [5, 5.41) is 3.74. The Bertz CT molecular complexity index is 536. The molecule has 2 aromatic rings. The van der Waals surface area contributed by atoms with Gasteiger partial charge in [0.2, 0.25) is 5.82 Å². The number of aryl methyl sites for hydroxylation is 1. The lowest BCUT2D eigenvalue weighted by molar-refractivity contribution is 0.0470. The number of nitrogens with zero attached hydrogens (tertiary/aromatic N) is 3. The number of aromatic nitrogens is 3. The Morgan fingerprint density at radius 1 is 1.53 bits per heavy atom. The minimum Gasteiger partial charge on any atom is -0.459 e. The fraction of sp³-hybridized carbons (Fsp3) is 0.273. The molecule has 0 spiro atoms. The number of rotatable bonds is 3. The van der Waals surface area contributed by atoms with Gasteiger partial charge >= 0.3 is 11.9 Å². The first kappa shape index (κ1) is 11.3. The van der Waals surface area contributed by atoms with Crippen molar-refractivity contribution < 1.29 is 14.1 Å². The van der Waals surface area contributed by atoms with E-state index in [1.165, 1.54) is 0 Å². The van der Waals surface area contributed by atoms with E-state index < -0.39 is 5.97 Å². The minimum absolute atomic E-state index is 0.141. The Hall–Kier alpha value is -2.24. The van der Waals surface area contributed by atoms with Gasteiger partial charge in [-0.2, -0.15) is 4.98 Å². The zero-order chi connectivity index (χ0) is 12.3. The van der Waals surface area contributed by atoms with Crippen LogP contribution >= 0.6 is 0 Å². The average molecular weight is 233 g/mol. The van der Waals surface area contributed by atoms with Crippen LogP contribution in [0, 0.1) is 6.92 Å². The summed E-state index contributed by atoms with van der Waals surface area (Å²) >= 11 is 0. The van der Waals surface area contributed by atoms with Crippen LogP contribution in [0.3, 0.4) is 0 Å². The van der Waals surface area contributed by atoms with Gasteiger partial charge in [-0.1, -0.05) is 5.16 Å². The normalized spacial score (nSPS) is 10.2. The molecule has 0 aliphatic heterocycles. The van der Waals surface area contributed by atoms with E-state index in [9.17, 15) is 4.79 Å². The van der Waals surface area contributed by atoms with Gasteiger partial charge < -0.3 is 9.26 Å². The van der Waals surface area contributed by atoms with Gasteiger partial charge in [0.25, 0.3) is 0 Å². The highest BCUT2D eigenvalue weighted by molar-refractivity contribution is 5.84. The highest BCUT2D eigenvalue weighted by Crippen LogP contribution is 2.18. The van der Waals surface area contributed by atoms with Crippen molar-refractivity contribution in [2.45, 2.75) is 13.8 Å². The summed E-state index contributed by atoms with van der Waals surface area (Å²) in [7, 11) is 0. The average Bonchev–Trinajstić information content (AvgIpc) is 2.79. The second kappa shape index (κ2) is 4.73. The van der Waals surface area contributed by atoms with Gasteiger partial charge in [0, 0.05) is 18.0 Å². The molecule has 0 radical (unpaired) electrons. The Balaban J connectivity index is 2.30. The first-order valence-electron chi connectivity index (χ1n) is 5.14. The van der Waals surface area contributed by atoms with Gasteiger partial charge in [0.1, 0.15) is 0 Å². The number of carbonyl (C=O) groups excluding carboxylic acids is 1. The van der Waals surface area contributed by atoms with E-state index in [0.717, 1.165) is 11.1 Å². The Morgan fingerprint density at radius 3 is 3.06 bits per heavy atom. The number of hydrogen-bond donors (Lipinski definition) is 0. The van der Waals surface area contributed by atoms with Crippen LogP contribution in [0.4, 0.5) is 0 Å². The van der Waals surface area contributed by atoms with Crippen molar-refractivity contribution in [2.75, 3.05) is 6.61 Å². The molecule has 88 valence electrons.